The molecule has 0 radical (unpaired) electrons. The summed E-state index contributed by atoms with van der Waals surface area (Å²) >= 11 is 0. The molecule has 0 unspecified atom stereocenters. The van der Waals surface area contributed by atoms with Crippen LogP contribution in [0.3, 0.4) is 0 Å². The zero-order valence-electron chi connectivity index (χ0n) is 31.5. The van der Waals surface area contributed by atoms with E-state index in [2.05, 4.69) is 172 Å². The molecule has 0 saturated heterocycles. The van der Waals surface area contributed by atoms with Crippen LogP contribution in [0.5, 0.6) is 0 Å². The molecule has 9 rings (SSSR count). The van der Waals surface area contributed by atoms with Gasteiger partial charge in [-0.2, -0.15) is 0 Å². The molecule has 0 aliphatic carbocycles. The van der Waals surface area contributed by atoms with Crippen LogP contribution in [0.4, 0.5) is 11.5 Å². The Bertz CT molecular complexity index is 2960. The molecular formula is C52H41N3. The topological polar surface area (TPSA) is 28.5 Å². The summed E-state index contributed by atoms with van der Waals surface area (Å²) in [4.78, 5) is 11.3. The molecule has 3 heteroatoms. The lowest BCUT2D eigenvalue weighted by molar-refractivity contribution is 0.616. The minimum absolute atomic E-state index is 0.374. The van der Waals surface area contributed by atoms with E-state index < -0.39 is 0 Å². The van der Waals surface area contributed by atoms with E-state index in [1.54, 1.807) is 0 Å². The SMILES string of the molecule is C=C/C=C(\C=C/C)c1ccc2ccc3c(-c4ccc(-c5ccc6c(c5)C(C)(C)C(C=C)=C(N=C)N6c5ccccn5)c5ccccc45)ccc4ccc1c2c43. The van der Waals surface area contributed by atoms with E-state index in [1.807, 2.05) is 36.5 Å². The summed E-state index contributed by atoms with van der Waals surface area (Å²) in [5.74, 6) is 1.55. The van der Waals surface area contributed by atoms with Crippen LogP contribution in [0.1, 0.15) is 31.9 Å². The van der Waals surface area contributed by atoms with Gasteiger partial charge in [0.2, 0.25) is 0 Å². The maximum atomic E-state index is 4.71. The van der Waals surface area contributed by atoms with Crippen molar-refractivity contribution in [3.63, 3.8) is 0 Å². The molecule has 3 nitrogen and oxygen atoms in total. The molecule has 1 aliphatic heterocycles. The van der Waals surface area contributed by atoms with Crippen molar-refractivity contribution >= 4 is 66.9 Å². The fourth-order valence-corrected chi connectivity index (χ4v) is 8.89. The minimum atomic E-state index is -0.374. The van der Waals surface area contributed by atoms with Gasteiger partial charge >= 0.3 is 0 Å². The first-order chi connectivity index (χ1) is 26.9. The molecule has 0 bridgehead atoms. The first kappa shape index (κ1) is 34.0. The Labute approximate surface area is 322 Å². The zero-order valence-corrected chi connectivity index (χ0v) is 31.5. The molecule has 1 aromatic heterocycles. The quantitative estimate of drug-likeness (QED) is 0.0893. The molecule has 0 amide bonds. The molecule has 0 fully saturated rings. The zero-order chi connectivity index (χ0) is 37.8. The van der Waals surface area contributed by atoms with Crippen LogP contribution in [0.15, 0.2) is 187 Å². The Balaban J connectivity index is 1.24. The van der Waals surface area contributed by atoms with Gasteiger partial charge in [-0.3, -0.25) is 4.90 Å². The Kier molecular flexibility index (Phi) is 8.17. The lowest BCUT2D eigenvalue weighted by Crippen LogP contribution is -2.33. The molecule has 2 heterocycles. The van der Waals surface area contributed by atoms with Crippen molar-refractivity contribution in [3.05, 3.63) is 194 Å². The molecule has 8 aromatic rings. The predicted octanol–water partition coefficient (Wildman–Crippen LogP) is 14.1. The number of hydrogen-bond donors (Lipinski definition) is 0. The van der Waals surface area contributed by atoms with Gasteiger partial charge in [0.05, 0.1) is 5.69 Å². The highest BCUT2D eigenvalue weighted by atomic mass is 15.3. The van der Waals surface area contributed by atoms with Crippen molar-refractivity contribution in [3.8, 4) is 22.3 Å². The fourth-order valence-electron chi connectivity index (χ4n) is 8.89. The monoisotopic (exact) mass is 707 g/mol. The lowest BCUT2D eigenvalue weighted by Gasteiger charge is -2.41. The van der Waals surface area contributed by atoms with Crippen LogP contribution in [0.2, 0.25) is 0 Å². The average Bonchev–Trinajstić information content (AvgIpc) is 3.22. The van der Waals surface area contributed by atoms with Gasteiger partial charge in [-0.25, -0.2) is 9.98 Å². The number of rotatable bonds is 8. The van der Waals surface area contributed by atoms with Crippen LogP contribution >= 0.6 is 0 Å². The molecule has 0 saturated carbocycles. The molecule has 0 N–H and O–H groups in total. The Morgan fingerprint density at radius 1 is 0.709 bits per heavy atom. The first-order valence-corrected chi connectivity index (χ1v) is 18.8. The maximum absolute atomic E-state index is 4.71. The number of anilines is 2. The lowest BCUT2D eigenvalue weighted by atomic mass is 9.73. The van der Waals surface area contributed by atoms with Crippen molar-refractivity contribution in [1.82, 2.24) is 4.98 Å². The van der Waals surface area contributed by atoms with Crippen molar-refractivity contribution in [1.29, 1.82) is 0 Å². The molecule has 55 heavy (non-hydrogen) atoms. The summed E-state index contributed by atoms with van der Waals surface area (Å²) in [6.07, 6.45) is 11.9. The van der Waals surface area contributed by atoms with Crippen LogP contribution in [-0.4, -0.2) is 11.7 Å². The Morgan fingerprint density at radius 2 is 1.36 bits per heavy atom. The molecule has 7 aromatic carbocycles. The maximum Gasteiger partial charge on any atom is 0.142 e. The fraction of sp³-hybridized carbons (Fsp3) is 0.0769. The van der Waals surface area contributed by atoms with Gasteiger partial charge in [-0.05, 0) is 120 Å². The van der Waals surface area contributed by atoms with Crippen molar-refractivity contribution < 1.29 is 0 Å². The molecule has 0 atom stereocenters. The van der Waals surface area contributed by atoms with E-state index >= 15 is 0 Å². The summed E-state index contributed by atoms with van der Waals surface area (Å²) in [6, 6.07) is 44.4. The average molecular weight is 708 g/mol. The van der Waals surface area contributed by atoms with E-state index in [0.717, 1.165) is 34.0 Å². The number of fused-ring (bicyclic) bond motifs is 2. The number of pyridine rings is 1. The highest BCUT2D eigenvalue weighted by molar-refractivity contribution is 6.27. The summed E-state index contributed by atoms with van der Waals surface area (Å²) in [7, 11) is 0. The number of aliphatic imine (C=N–C) groups is 1. The summed E-state index contributed by atoms with van der Waals surface area (Å²) in [6.45, 7) is 18.7. The standard InChI is InChI=1S/C52H41N3/c1-7-14-33(15-8-2)37-24-19-34-22-27-44-42(25-20-35-21-26-43(37)49(34)50(35)44)41-29-28-38(39-16-10-11-17-40(39)41)36-23-30-47-46(32-36)52(4,5)45(9-3)51(53-6)55(47)48-18-12-13-31-54-48/h7-32H,1,3,6H2,2,4-5H3/b15-8-,33-14+. The van der Waals surface area contributed by atoms with E-state index in [1.165, 1.54) is 70.9 Å². The number of benzene rings is 7. The van der Waals surface area contributed by atoms with Gasteiger partial charge in [-0.1, -0.05) is 154 Å². The van der Waals surface area contributed by atoms with Crippen molar-refractivity contribution in [2.75, 3.05) is 4.90 Å². The minimum Gasteiger partial charge on any atom is -0.278 e. The van der Waals surface area contributed by atoms with Gasteiger partial charge in [0.25, 0.3) is 0 Å². The van der Waals surface area contributed by atoms with E-state index in [4.69, 9.17) is 4.98 Å². The Morgan fingerprint density at radius 3 is 2.07 bits per heavy atom. The predicted molar refractivity (Wildman–Crippen MR) is 238 cm³/mol. The van der Waals surface area contributed by atoms with Crippen LogP contribution < -0.4 is 4.90 Å². The van der Waals surface area contributed by atoms with Gasteiger partial charge in [0.1, 0.15) is 11.6 Å². The van der Waals surface area contributed by atoms with Gasteiger partial charge in [0, 0.05) is 17.2 Å². The smallest absolute Gasteiger partial charge is 0.142 e. The second-order valence-electron chi connectivity index (χ2n) is 14.7. The van der Waals surface area contributed by atoms with Crippen LogP contribution in [0.25, 0.3) is 70.9 Å². The molecular weight excluding hydrogens is 667 g/mol. The third-order valence-electron chi connectivity index (χ3n) is 11.4. The normalized spacial score (nSPS) is 14.4. The molecule has 0 spiro atoms. The number of aromatic nitrogens is 1. The van der Waals surface area contributed by atoms with E-state index in [9.17, 15) is 0 Å². The summed E-state index contributed by atoms with van der Waals surface area (Å²) in [5.41, 5.74) is 10.0. The second kappa shape index (κ2) is 13.2. The largest absolute Gasteiger partial charge is 0.278 e. The number of allylic oxidation sites excluding steroid dienone is 7. The highest BCUT2D eigenvalue weighted by Gasteiger charge is 2.38. The third kappa shape index (κ3) is 5.19. The van der Waals surface area contributed by atoms with Crippen molar-refractivity contribution in [2.45, 2.75) is 26.2 Å². The molecule has 264 valence electrons. The molecule has 1 aliphatic rings. The number of hydrogen-bond acceptors (Lipinski definition) is 3. The summed E-state index contributed by atoms with van der Waals surface area (Å²) in [5, 5.41) is 10.0. The number of nitrogens with zero attached hydrogens (tertiary/aromatic N) is 3. The van der Waals surface area contributed by atoms with Crippen LogP contribution in [0, 0.1) is 0 Å². The highest BCUT2D eigenvalue weighted by Crippen LogP contribution is 2.50. The second-order valence-corrected chi connectivity index (χ2v) is 14.7. The Hall–Kier alpha value is -6.84. The van der Waals surface area contributed by atoms with E-state index in [0.29, 0.717) is 0 Å². The summed E-state index contributed by atoms with van der Waals surface area (Å²) < 4.78 is 0. The van der Waals surface area contributed by atoms with Gasteiger partial charge in [0.15, 0.2) is 0 Å². The van der Waals surface area contributed by atoms with E-state index in [-0.39, 0.29) is 5.41 Å². The van der Waals surface area contributed by atoms with Crippen molar-refractivity contribution in [2.24, 2.45) is 4.99 Å². The third-order valence-corrected chi connectivity index (χ3v) is 11.4. The van der Waals surface area contributed by atoms with Gasteiger partial charge < -0.3 is 0 Å². The first-order valence-electron chi connectivity index (χ1n) is 18.8. The van der Waals surface area contributed by atoms with Gasteiger partial charge in [-0.15, -0.1) is 0 Å². The van der Waals surface area contributed by atoms with Crippen LogP contribution in [-0.2, 0) is 5.41 Å².